The van der Waals surface area contributed by atoms with Crippen LogP contribution >= 0.6 is 0 Å². The summed E-state index contributed by atoms with van der Waals surface area (Å²) in [7, 11) is 1.86. The van der Waals surface area contributed by atoms with Crippen LogP contribution in [0.4, 0.5) is 23.1 Å². The molecule has 2 fully saturated rings. The van der Waals surface area contributed by atoms with Crippen molar-refractivity contribution in [3.8, 4) is 5.75 Å². The van der Waals surface area contributed by atoms with Crippen molar-refractivity contribution in [2.45, 2.75) is 58.5 Å². The molecule has 0 aliphatic carbocycles. The minimum atomic E-state index is -0.952. The zero-order chi connectivity index (χ0) is 42.4. The number of imide groups is 1. The Morgan fingerprint density at radius 1 is 0.885 bits per heavy atom. The number of nitrogens with one attached hydrogen (secondary N) is 3. The van der Waals surface area contributed by atoms with E-state index in [-0.39, 0.29) is 48.3 Å². The van der Waals surface area contributed by atoms with E-state index in [1.807, 2.05) is 24.1 Å². The zero-order valence-electron chi connectivity index (χ0n) is 34.0. The maximum atomic E-state index is 13.8. The van der Waals surface area contributed by atoms with E-state index in [4.69, 9.17) is 9.72 Å². The number of amides is 4. The number of hydrogen-bond acceptors (Lipinski definition) is 13. The maximum Gasteiger partial charge on any atom is 0.278 e. The number of hydrogen-bond donors (Lipinski definition) is 3. The van der Waals surface area contributed by atoms with Gasteiger partial charge >= 0.3 is 0 Å². The number of carbonyl (C=O) groups is 4. The summed E-state index contributed by atoms with van der Waals surface area (Å²) >= 11 is 0. The third-order valence-electron chi connectivity index (χ3n) is 11.8. The van der Waals surface area contributed by atoms with Gasteiger partial charge in [-0.1, -0.05) is 29.5 Å². The SMILES string of the molecule is Cc1cccc(C)c1Nc1nn(C)c2nc(Nc3ccc4c(c3)CN(C(=O)C3CCN(C(=O)COc5ccc6nnn(C7CCC(=O)NC7=O)c(=O)c6c5)CC3)CC4)ncc12. The molecule has 1 atom stereocenters. The molecule has 3 aliphatic rings. The first kappa shape index (κ1) is 39.2. The number of likely N-dealkylation sites (tertiary alicyclic amines) is 1. The highest BCUT2D eigenvalue weighted by Gasteiger charge is 2.33. The molecule has 6 heterocycles. The Morgan fingerprint density at radius 2 is 1.69 bits per heavy atom. The molecule has 6 aromatic rings. The Balaban J connectivity index is 0.787. The molecule has 18 heteroatoms. The van der Waals surface area contributed by atoms with Gasteiger partial charge in [0.05, 0.1) is 10.8 Å². The van der Waals surface area contributed by atoms with Crippen molar-refractivity contribution in [3.05, 3.63) is 93.4 Å². The van der Waals surface area contributed by atoms with Crippen molar-refractivity contribution in [2.75, 3.05) is 36.9 Å². The normalized spacial score (nSPS) is 17.0. The van der Waals surface area contributed by atoms with Crippen molar-refractivity contribution in [1.82, 2.24) is 49.9 Å². The van der Waals surface area contributed by atoms with Crippen LogP contribution in [-0.4, -0.2) is 94.4 Å². The number of fused-ring (bicyclic) bond motifs is 3. The number of piperidine rings is 2. The lowest BCUT2D eigenvalue weighted by molar-refractivity contribution is -0.142. The van der Waals surface area contributed by atoms with Crippen molar-refractivity contribution in [2.24, 2.45) is 13.0 Å². The van der Waals surface area contributed by atoms with Crippen LogP contribution in [-0.2, 0) is 39.2 Å². The summed E-state index contributed by atoms with van der Waals surface area (Å²) < 4.78 is 8.51. The summed E-state index contributed by atoms with van der Waals surface area (Å²) in [6, 6.07) is 16.0. The lowest BCUT2D eigenvalue weighted by Crippen LogP contribution is -2.46. The van der Waals surface area contributed by atoms with Gasteiger partial charge in [-0.05, 0) is 92.1 Å². The van der Waals surface area contributed by atoms with Crippen LogP contribution in [0.1, 0.15) is 54.0 Å². The van der Waals surface area contributed by atoms with Crippen LogP contribution in [0.5, 0.6) is 5.75 Å². The van der Waals surface area contributed by atoms with Gasteiger partial charge in [0, 0.05) is 63.1 Å². The number of rotatable bonds is 9. The van der Waals surface area contributed by atoms with E-state index in [1.165, 1.54) is 11.6 Å². The van der Waals surface area contributed by atoms with Gasteiger partial charge in [0.25, 0.3) is 17.4 Å². The number of para-hydroxylation sites is 1. The van der Waals surface area contributed by atoms with E-state index < -0.39 is 23.4 Å². The van der Waals surface area contributed by atoms with Gasteiger partial charge in [-0.3, -0.25) is 29.3 Å². The quantitative estimate of drug-likeness (QED) is 0.178. The predicted molar refractivity (Wildman–Crippen MR) is 224 cm³/mol. The zero-order valence-corrected chi connectivity index (χ0v) is 34.0. The van der Waals surface area contributed by atoms with Crippen LogP contribution in [0.25, 0.3) is 21.9 Å². The van der Waals surface area contributed by atoms with Crippen LogP contribution in [0.15, 0.2) is 65.6 Å². The number of anilines is 4. The van der Waals surface area contributed by atoms with E-state index in [2.05, 4.69) is 74.5 Å². The smallest absolute Gasteiger partial charge is 0.278 e. The summed E-state index contributed by atoms with van der Waals surface area (Å²) in [6.45, 7) is 5.82. The summed E-state index contributed by atoms with van der Waals surface area (Å²) in [4.78, 5) is 77.2. The molecule has 312 valence electrons. The van der Waals surface area contributed by atoms with E-state index in [9.17, 15) is 24.0 Å². The average Bonchev–Trinajstić information content (AvgIpc) is 3.57. The molecular weight excluding hydrogens is 781 g/mol. The van der Waals surface area contributed by atoms with Gasteiger partial charge in [-0.15, -0.1) is 5.10 Å². The van der Waals surface area contributed by atoms with E-state index in [0.29, 0.717) is 62.0 Å². The first-order chi connectivity index (χ1) is 29.5. The first-order valence-corrected chi connectivity index (χ1v) is 20.3. The topological polar surface area (TPSA) is 211 Å². The second kappa shape index (κ2) is 16.1. The first-order valence-electron chi connectivity index (χ1n) is 20.3. The van der Waals surface area contributed by atoms with Crippen molar-refractivity contribution >= 4 is 68.7 Å². The molecule has 3 aliphatic heterocycles. The highest BCUT2D eigenvalue weighted by molar-refractivity contribution is 5.99. The van der Waals surface area contributed by atoms with Crippen LogP contribution < -0.4 is 26.2 Å². The van der Waals surface area contributed by atoms with E-state index in [1.54, 1.807) is 27.9 Å². The number of ether oxygens (including phenoxy) is 1. The number of aromatic nitrogens is 7. The molecule has 0 spiro atoms. The minimum absolute atomic E-state index is 0.0869. The third-order valence-corrected chi connectivity index (χ3v) is 11.8. The molecule has 0 radical (unpaired) electrons. The van der Waals surface area contributed by atoms with Crippen molar-refractivity contribution < 1.29 is 23.9 Å². The Hall–Kier alpha value is -7.24. The molecule has 61 heavy (non-hydrogen) atoms. The number of benzene rings is 3. The van der Waals surface area contributed by atoms with Crippen LogP contribution in [0.3, 0.4) is 0 Å². The molecule has 3 aromatic carbocycles. The summed E-state index contributed by atoms with van der Waals surface area (Å²) in [5.74, 6) is 0.0567. The molecule has 0 saturated carbocycles. The predicted octanol–water partition coefficient (Wildman–Crippen LogP) is 3.75. The lowest BCUT2D eigenvalue weighted by Gasteiger charge is -2.36. The fraction of sp³-hybridized carbons (Fsp3) is 0.349. The van der Waals surface area contributed by atoms with Gasteiger partial charge in [0.1, 0.15) is 17.3 Å². The Labute approximate surface area is 349 Å². The average molecular weight is 825 g/mol. The summed E-state index contributed by atoms with van der Waals surface area (Å²) in [5.41, 5.74) is 6.76. The fourth-order valence-electron chi connectivity index (χ4n) is 8.39. The van der Waals surface area contributed by atoms with Crippen LogP contribution in [0.2, 0.25) is 0 Å². The van der Waals surface area contributed by atoms with E-state index in [0.717, 1.165) is 44.6 Å². The molecule has 18 nitrogen and oxygen atoms in total. The molecule has 4 amide bonds. The molecule has 0 bridgehead atoms. The molecular formula is C43H44N12O6. The van der Waals surface area contributed by atoms with Gasteiger partial charge < -0.3 is 25.2 Å². The standard InChI is InChI=1S/C43H44N12O6/c1-24-5-4-6-25(2)37(24)47-38-32-21-44-43(48-39(32)52(3)50-38)45-29-8-7-26-13-18-54(22-28(26)19-29)41(59)27-14-16-53(17-15-27)36(57)23-61-30-9-10-33-31(20-30)42(60)55(51-49-33)34-11-12-35(56)46-40(34)58/h4-10,19-21,27,34H,11-18,22-23H2,1-3H3,(H,47,50)(H,44,45,48)(H,46,56,58). The highest BCUT2D eigenvalue weighted by Crippen LogP contribution is 2.31. The number of nitrogens with zero attached hydrogens (tertiary/aromatic N) is 9. The second-order valence-corrected chi connectivity index (χ2v) is 15.8. The number of aryl methyl sites for hydroxylation is 3. The molecule has 3 N–H and O–H groups in total. The third kappa shape index (κ3) is 7.83. The lowest BCUT2D eigenvalue weighted by atomic mass is 9.93. The largest absolute Gasteiger partial charge is 0.484 e. The maximum absolute atomic E-state index is 13.8. The molecule has 2 saturated heterocycles. The van der Waals surface area contributed by atoms with Crippen LogP contribution in [0, 0.1) is 19.8 Å². The Morgan fingerprint density at radius 3 is 2.48 bits per heavy atom. The Kier molecular flexibility index (Phi) is 10.3. The monoisotopic (exact) mass is 824 g/mol. The molecule has 9 rings (SSSR count). The van der Waals surface area contributed by atoms with E-state index >= 15 is 0 Å². The van der Waals surface area contributed by atoms with Gasteiger partial charge in [-0.2, -0.15) is 14.8 Å². The second-order valence-electron chi connectivity index (χ2n) is 15.8. The van der Waals surface area contributed by atoms with Gasteiger partial charge in [0.2, 0.25) is 17.8 Å². The summed E-state index contributed by atoms with van der Waals surface area (Å²) in [6.07, 6.45) is 3.82. The fourth-order valence-corrected chi connectivity index (χ4v) is 8.39. The van der Waals surface area contributed by atoms with Gasteiger partial charge in [0.15, 0.2) is 18.1 Å². The van der Waals surface area contributed by atoms with Gasteiger partial charge in [-0.25, -0.2) is 9.67 Å². The Bertz CT molecular complexity index is 2790. The number of carbonyl (C=O) groups excluding carboxylic acids is 4. The highest BCUT2D eigenvalue weighted by atomic mass is 16.5. The molecule has 1 unspecified atom stereocenters. The summed E-state index contributed by atoms with van der Waals surface area (Å²) in [5, 5.41) is 22.7. The van der Waals surface area contributed by atoms with Crippen molar-refractivity contribution in [1.29, 1.82) is 0 Å². The minimum Gasteiger partial charge on any atom is -0.484 e. The van der Waals surface area contributed by atoms with Crippen molar-refractivity contribution in [3.63, 3.8) is 0 Å². The molecule has 3 aromatic heterocycles.